The molecule has 0 radical (unpaired) electrons. The lowest BCUT2D eigenvalue weighted by Crippen LogP contribution is -2.30. The van der Waals surface area contributed by atoms with E-state index >= 15 is 0 Å². The summed E-state index contributed by atoms with van der Waals surface area (Å²) in [4.78, 5) is 24.3. The Labute approximate surface area is 136 Å². The van der Waals surface area contributed by atoms with Gasteiger partial charge in [0.15, 0.2) is 0 Å². The zero-order valence-corrected chi connectivity index (χ0v) is 13.9. The van der Waals surface area contributed by atoms with Crippen LogP contribution in [0, 0.1) is 5.92 Å². The van der Waals surface area contributed by atoms with E-state index in [2.05, 4.69) is 26.6 Å². The maximum absolute atomic E-state index is 12.3. The number of nitrogens with one attached hydrogen (secondary N) is 2. The maximum Gasteiger partial charge on any atom is 0.253 e. The summed E-state index contributed by atoms with van der Waals surface area (Å²) >= 11 is 9.31. The van der Waals surface area contributed by atoms with E-state index in [-0.39, 0.29) is 17.7 Å². The van der Waals surface area contributed by atoms with E-state index in [0.717, 1.165) is 0 Å². The van der Waals surface area contributed by atoms with Crippen LogP contribution in [0.25, 0.3) is 0 Å². The fourth-order valence-corrected chi connectivity index (χ4v) is 3.11. The Morgan fingerprint density at radius 1 is 1.33 bits per heavy atom. The van der Waals surface area contributed by atoms with Gasteiger partial charge < -0.3 is 15.4 Å². The van der Waals surface area contributed by atoms with Gasteiger partial charge in [0.05, 0.1) is 11.3 Å². The number of carbonyl (C=O) groups excluding carboxylic acids is 2. The van der Waals surface area contributed by atoms with Crippen molar-refractivity contribution < 1.29 is 14.3 Å². The normalized spacial score (nSPS) is 15.6. The lowest BCUT2D eigenvalue weighted by Gasteiger charge is -2.22. The summed E-state index contributed by atoms with van der Waals surface area (Å²) in [6.45, 7) is 1.17. The van der Waals surface area contributed by atoms with Crippen molar-refractivity contribution in [2.75, 3.05) is 25.6 Å². The smallest absolute Gasteiger partial charge is 0.253 e. The maximum atomic E-state index is 12.3. The number of halogens is 2. The van der Waals surface area contributed by atoms with E-state index in [1.807, 2.05) is 0 Å². The average Bonchev–Trinajstić information content (AvgIpc) is 2.49. The molecule has 7 heteroatoms. The Morgan fingerprint density at radius 3 is 2.62 bits per heavy atom. The number of ether oxygens (including phenoxy) is 1. The SMILES string of the molecule is CNC(=O)c1cc(Cl)cc(Br)c1NC(=O)C1CCOCC1. The fourth-order valence-electron chi connectivity index (χ4n) is 2.20. The van der Waals surface area contributed by atoms with Gasteiger partial charge in [-0.3, -0.25) is 9.59 Å². The summed E-state index contributed by atoms with van der Waals surface area (Å²) < 4.78 is 5.83. The highest BCUT2D eigenvalue weighted by Gasteiger charge is 2.24. The standard InChI is InChI=1S/C14H16BrClN2O3/c1-17-14(20)10-6-9(16)7-11(15)12(10)18-13(19)8-2-4-21-5-3-8/h6-8H,2-5H2,1H3,(H,17,20)(H,18,19). The number of benzene rings is 1. The highest BCUT2D eigenvalue weighted by atomic mass is 79.9. The van der Waals surface area contributed by atoms with Crippen LogP contribution in [0.5, 0.6) is 0 Å². The number of rotatable bonds is 3. The molecule has 0 bridgehead atoms. The lowest BCUT2D eigenvalue weighted by molar-refractivity contribution is -0.122. The molecule has 1 heterocycles. The molecule has 1 aromatic rings. The van der Waals surface area contributed by atoms with E-state index in [9.17, 15) is 9.59 Å². The second-order valence-corrected chi connectivity index (χ2v) is 6.06. The molecule has 1 saturated heterocycles. The first-order valence-electron chi connectivity index (χ1n) is 6.62. The van der Waals surface area contributed by atoms with Crippen molar-refractivity contribution in [1.29, 1.82) is 0 Å². The van der Waals surface area contributed by atoms with Crippen LogP contribution in [0.15, 0.2) is 16.6 Å². The first-order valence-corrected chi connectivity index (χ1v) is 7.79. The van der Waals surface area contributed by atoms with Gasteiger partial charge in [0.25, 0.3) is 5.91 Å². The molecule has 0 aromatic heterocycles. The molecule has 1 aliphatic heterocycles. The van der Waals surface area contributed by atoms with Gasteiger partial charge in [-0.2, -0.15) is 0 Å². The van der Waals surface area contributed by atoms with Crippen LogP contribution in [0.2, 0.25) is 5.02 Å². The van der Waals surface area contributed by atoms with E-state index < -0.39 is 0 Å². The molecular formula is C14H16BrClN2O3. The molecule has 21 heavy (non-hydrogen) atoms. The molecule has 0 aliphatic carbocycles. The van der Waals surface area contributed by atoms with Gasteiger partial charge in [-0.1, -0.05) is 11.6 Å². The molecule has 0 unspecified atom stereocenters. The average molecular weight is 376 g/mol. The van der Waals surface area contributed by atoms with Crippen molar-refractivity contribution in [3.63, 3.8) is 0 Å². The Kier molecular flexibility index (Phi) is 5.61. The van der Waals surface area contributed by atoms with Crippen molar-refractivity contribution in [2.24, 2.45) is 5.92 Å². The zero-order chi connectivity index (χ0) is 15.4. The first-order chi connectivity index (χ1) is 10.0. The predicted octanol–water partition coefficient (Wildman–Crippen LogP) is 2.83. The minimum atomic E-state index is -0.305. The number of amides is 2. The largest absolute Gasteiger partial charge is 0.381 e. The van der Waals surface area contributed by atoms with E-state index in [1.165, 1.54) is 13.1 Å². The third-order valence-electron chi connectivity index (χ3n) is 3.37. The number of carbonyl (C=O) groups is 2. The van der Waals surface area contributed by atoms with E-state index in [0.29, 0.717) is 46.8 Å². The van der Waals surface area contributed by atoms with Crippen molar-refractivity contribution in [2.45, 2.75) is 12.8 Å². The quantitative estimate of drug-likeness (QED) is 0.853. The minimum Gasteiger partial charge on any atom is -0.381 e. The molecule has 0 saturated carbocycles. The Hall–Kier alpha value is -1.11. The van der Waals surface area contributed by atoms with Crippen LogP contribution in [0.4, 0.5) is 5.69 Å². The molecule has 114 valence electrons. The van der Waals surface area contributed by atoms with Crippen molar-refractivity contribution >= 4 is 45.0 Å². The molecule has 5 nitrogen and oxygen atoms in total. The van der Waals surface area contributed by atoms with Gasteiger partial charge in [-0.25, -0.2) is 0 Å². The summed E-state index contributed by atoms with van der Waals surface area (Å²) in [5, 5.41) is 5.79. The number of hydrogen-bond acceptors (Lipinski definition) is 3. The highest BCUT2D eigenvalue weighted by Crippen LogP contribution is 2.31. The van der Waals surface area contributed by atoms with Gasteiger partial charge in [0, 0.05) is 35.7 Å². The monoisotopic (exact) mass is 374 g/mol. The first kappa shape index (κ1) is 16.3. The second kappa shape index (κ2) is 7.24. The van der Waals surface area contributed by atoms with Crippen molar-refractivity contribution in [1.82, 2.24) is 5.32 Å². The Bertz CT molecular complexity index is 559. The third kappa shape index (κ3) is 3.96. The Morgan fingerprint density at radius 2 is 2.00 bits per heavy atom. The van der Waals surface area contributed by atoms with Crippen LogP contribution in [-0.2, 0) is 9.53 Å². The summed E-state index contributed by atoms with van der Waals surface area (Å²) in [5.41, 5.74) is 0.771. The molecule has 1 aliphatic rings. The number of anilines is 1. The van der Waals surface area contributed by atoms with Gasteiger partial charge in [-0.05, 0) is 40.9 Å². The molecule has 1 fully saturated rings. The highest BCUT2D eigenvalue weighted by molar-refractivity contribution is 9.10. The van der Waals surface area contributed by atoms with Gasteiger partial charge in [0.2, 0.25) is 5.91 Å². The van der Waals surface area contributed by atoms with Crippen LogP contribution >= 0.6 is 27.5 Å². The van der Waals surface area contributed by atoms with Crippen molar-refractivity contribution in [3.8, 4) is 0 Å². The van der Waals surface area contributed by atoms with E-state index in [4.69, 9.17) is 16.3 Å². The van der Waals surface area contributed by atoms with Crippen LogP contribution in [-0.4, -0.2) is 32.1 Å². The van der Waals surface area contributed by atoms with E-state index in [1.54, 1.807) is 6.07 Å². The number of hydrogen-bond donors (Lipinski definition) is 2. The molecule has 0 atom stereocenters. The van der Waals surface area contributed by atoms with Crippen LogP contribution < -0.4 is 10.6 Å². The molecule has 1 aromatic carbocycles. The third-order valence-corrected chi connectivity index (χ3v) is 4.21. The summed E-state index contributed by atoms with van der Waals surface area (Å²) in [5.74, 6) is -0.509. The van der Waals surface area contributed by atoms with Gasteiger partial charge >= 0.3 is 0 Å². The molecule has 2 amide bonds. The summed E-state index contributed by atoms with van der Waals surface area (Å²) in [6, 6.07) is 3.18. The van der Waals surface area contributed by atoms with Crippen LogP contribution in [0.3, 0.4) is 0 Å². The van der Waals surface area contributed by atoms with Crippen molar-refractivity contribution in [3.05, 3.63) is 27.2 Å². The predicted molar refractivity (Wildman–Crippen MR) is 84.7 cm³/mol. The Balaban J connectivity index is 2.25. The topological polar surface area (TPSA) is 67.4 Å². The molecule has 2 rings (SSSR count). The minimum absolute atomic E-state index is 0.0983. The fraction of sp³-hybridized carbons (Fsp3) is 0.429. The molecule has 0 spiro atoms. The summed E-state index contributed by atoms with van der Waals surface area (Å²) in [6.07, 6.45) is 1.37. The lowest BCUT2D eigenvalue weighted by atomic mass is 9.99. The van der Waals surface area contributed by atoms with Gasteiger partial charge in [0.1, 0.15) is 0 Å². The van der Waals surface area contributed by atoms with Crippen LogP contribution in [0.1, 0.15) is 23.2 Å². The molecular weight excluding hydrogens is 360 g/mol. The zero-order valence-electron chi connectivity index (χ0n) is 11.5. The molecule has 2 N–H and O–H groups in total. The van der Waals surface area contributed by atoms with Gasteiger partial charge in [-0.15, -0.1) is 0 Å². The summed E-state index contributed by atoms with van der Waals surface area (Å²) in [7, 11) is 1.53. The second-order valence-electron chi connectivity index (χ2n) is 4.77.